The highest BCUT2D eigenvalue weighted by Crippen LogP contribution is 2.27. The lowest BCUT2D eigenvalue weighted by atomic mass is 10.2. The summed E-state index contributed by atoms with van der Waals surface area (Å²) in [7, 11) is 0. The Kier molecular flexibility index (Phi) is 3.67. The number of hydrogen-bond acceptors (Lipinski definition) is 3. The number of rotatable bonds is 2. The van der Waals surface area contributed by atoms with Crippen molar-refractivity contribution < 1.29 is 4.92 Å². The molecule has 0 amide bonds. The Balaban J connectivity index is 3.28. The van der Waals surface area contributed by atoms with Gasteiger partial charge in [0.05, 0.1) is 16.0 Å². The number of halogens is 2. The van der Waals surface area contributed by atoms with Crippen LogP contribution in [-0.2, 0) is 0 Å². The second-order valence-electron chi connectivity index (χ2n) is 2.58. The summed E-state index contributed by atoms with van der Waals surface area (Å²) >= 11 is 11.4. The van der Waals surface area contributed by atoms with E-state index in [1.54, 1.807) is 6.07 Å². The SMILES string of the molecule is N#C/C=C(\Cl)c1cc(Cl)cc([N+](=O)[O-])c1. The maximum atomic E-state index is 10.5. The second-order valence-corrected chi connectivity index (χ2v) is 3.42. The molecule has 0 fully saturated rings. The van der Waals surface area contributed by atoms with Crippen LogP contribution in [0, 0.1) is 21.4 Å². The molecule has 0 aliphatic heterocycles. The topological polar surface area (TPSA) is 66.9 Å². The normalized spacial score (nSPS) is 10.9. The number of benzene rings is 1. The molecule has 0 saturated carbocycles. The molecule has 0 aliphatic carbocycles. The number of nitro groups is 1. The molecule has 15 heavy (non-hydrogen) atoms. The largest absolute Gasteiger partial charge is 0.271 e. The van der Waals surface area contributed by atoms with Gasteiger partial charge in [-0.15, -0.1) is 0 Å². The van der Waals surface area contributed by atoms with E-state index in [9.17, 15) is 10.1 Å². The zero-order chi connectivity index (χ0) is 11.4. The van der Waals surface area contributed by atoms with Gasteiger partial charge in [-0.05, 0) is 6.07 Å². The van der Waals surface area contributed by atoms with E-state index >= 15 is 0 Å². The molecular formula is C9H4Cl2N2O2. The van der Waals surface area contributed by atoms with E-state index in [-0.39, 0.29) is 15.7 Å². The van der Waals surface area contributed by atoms with Crippen molar-refractivity contribution in [3.8, 4) is 6.07 Å². The first kappa shape index (κ1) is 11.5. The number of allylic oxidation sites excluding steroid dienone is 1. The van der Waals surface area contributed by atoms with Crippen molar-refractivity contribution in [3.05, 3.63) is 45.0 Å². The molecule has 0 atom stereocenters. The summed E-state index contributed by atoms with van der Waals surface area (Å²) in [6, 6.07) is 5.64. The lowest BCUT2D eigenvalue weighted by Gasteiger charge is -1.99. The minimum Gasteiger partial charge on any atom is -0.258 e. The second kappa shape index (κ2) is 4.78. The molecule has 76 valence electrons. The molecule has 0 radical (unpaired) electrons. The molecule has 6 heteroatoms. The summed E-state index contributed by atoms with van der Waals surface area (Å²) in [4.78, 5) is 9.93. The minimum atomic E-state index is -0.577. The third kappa shape index (κ3) is 2.94. The minimum absolute atomic E-state index is 0.114. The van der Waals surface area contributed by atoms with Gasteiger partial charge in [0.15, 0.2) is 0 Å². The van der Waals surface area contributed by atoms with Gasteiger partial charge in [-0.1, -0.05) is 23.2 Å². The predicted molar refractivity (Wildman–Crippen MR) is 57.5 cm³/mol. The van der Waals surface area contributed by atoms with Gasteiger partial charge in [0.2, 0.25) is 0 Å². The van der Waals surface area contributed by atoms with E-state index in [1.807, 2.05) is 0 Å². The standard InChI is InChI=1S/C9H4Cl2N2O2/c10-7-3-6(9(11)1-2-12)4-8(5-7)13(14)15/h1,3-5H/b9-1-. The van der Waals surface area contributed by atoms with Gasteiger partial charge in [0.1, 0.15) is 0 Å². The molecule has 0 heterocycles. The van der Waals surface area contributed by atoms with Crippen LogP contribution in [-0.4, -0.2) is 4.92 Å². The van der Waals surface area contributed by atoms with E-state index in [1.165, 1.54) is 18.2 Å². The van der Waals surface area contributed by atoms with Crippen molar-refractivity contribution in [3.63, 3.8) is 0 Å². The van der Waals surface area contributed by atoms with Crippen LogP contribution in [0.2, 0.25) is 5.02 Å². The van der Waals surface area contributed by atoms with E-state index in [4.69, 9.17) is 28.5 Å². The van der Waals surface area contributed by atoms with E-state index < -0.39 is 4.92 Å². The van der Waals surface area contributed by atoms with E-state index in [0.717, 1.165) is 6.08 Å². The summed E-state index contributed by atoms with van der Waals surface area (Å²) in [5.74, 6) is 0. The van der Waals surface area contributed by atoms with E-state index in [2.05, 4.69) is 0 Å². The number of nitro benzene ring substituents is 1. The Hall–Kier alpha value is -1.57. The molecular weight excluding hydrogens is 239 g/mol. The van der Waals surface area contributed by atoms with Crippen LogP contribution >= 0.6 is 23.2 Å². The first-order valence-corrected chi connectivity index (χ1v) is 4.51. The number of hydrogen-bond donors (Lipinski definition) is 0. The number of nitriles is 1. The molecule has 1 rings (SSSR count). The Morgan fingerprint density at radius 2 is 2.20 bits per heavy atom. The first-order valence-electron chi connectivity index (χ1n) is 3.75. The summed E-state index contributed by atoms with van der Waals surface area (Å²) in [5.41, 5.74) is 0.180. The highest BCUT2D eigenvalue weighted by Gasteiger charge is 2.10. The van der Waals surface area contributed by atoms with Crippen LogP contribution in [0.4, 0.5) is 5.69 Å². The summed E-state index contributed by atoms with van der Waals surface area (Å²) < 4.78 is 0. The Morgan fingerprint density at radius 1 is 1.53 bits per heavy atom. The molecule has 0 aromatic heterocycles. The fourth-order valence-corrected chi connectivity index (χ4v) is 1.34. The maximum absolute atomic E-state index is 10.5. The molecule has 1 aromatic carbocycles. The Bertz CT molecular complexity index is 477. The molecule has 0 saturated heterocycles. The molecule has 0 aliphatic rings. The third-order valence-electron chi connectivity index (χ3n) is 1.56. The zero-order valence-corrected chi connectivity index (χ0v) is 8.79. The van der Waals surface area contributed by atoms with E-state index in [0.29, 0.717) is 5.56 Å². The smallest absolute Gasteiger partial charge is 0.258 e. The fourth-order valence-electron chi connectivity index (χ4n) is 0.957. The zero-order valence-electron chi connectivity index (χ0n) is 7.28. The van der Waals surface area contributed by atoms with Gasteiger partial charge < -0.3 is 0 Å². The van der Waals surface area contributed by atoms with Crippen molar-refractivity contribution in [2.75, 3.05) is 0 Å². The van der Waals surface area contributed by atoms with Crippen LogP contribution < -0.4 is 0 Å². The van der Waals surface area contributed by atoms with Crippen molar-refractivity contribution in [1.82, 2.24) is 0 Å². The van der Waals surface area contributed by atoms with Crippen LogP contribution in [0.3, 0.4) is 0 Å². The lowest BCUT2D eigenvalue weighted by molar-refractivity contribution is -0.384. The molecule has 0 unspecified atom stereocenters. The Labute approximate surface area is 95.5 Å². The van der Waals surface area contributed by atoms with Gasteiger partial charge >= 0.3 is 0 Å². The van der Waals surface area contributed by atoms with Gasteiger partial charge in [0, 0.05) is 28.8 Å². The van der Waals surface area contributed by atoms with Crippen molar-refractivity contribution in [2.24, 2.45) is 0 Å². The summed E-state index contributed by atoms with van der Waals surface area (Å²) in [6.07, 6.45) is 1.08. The number of non-ortho nitro benzene ring substituents is 1. The molecule has 1 aromatic rings. The van der Waals surface area contributed by atoms with Crippen molar-refractivity contribution >= 4 is 33.9 Å². The molecule has 4 nitrogen and oxygen atoms in total. The predicted octanol–water partition coefficient (Wildman–Crippen LogP) is 3.35. The third-order valence-corrected chi connectivity index (χ3v) is 2.11. The highest BCUT2D eigenvalue weighted by molar-refractivity contribution is 6.49. The van der Waals surface area contributed by atoms with Gasteiger partial charge in [-0.2, -0.15) is 5.26 Å². The van der Waals surface area contributed by atoms with Crippen molar-refractivity contribution in [1.29, 1.82) is 5.26 Å². The molecule has 0 N–H and O–H groups in total. The first-order chi connectivity index (χ1) is 7.04. The molecule has 0 bridgehead atoms. The Morgan fingerprint density at radius 3 is 2.73 bits per heavy atom. The summed E-state index contributed by atoms with van der Waals surface area (Å²) in [6.45, 7) is 0. The lowest BCUT2D eigenvalue weighted by Crippen LogP contribution is -1.89. The number of nitrogens with zero attached hydrogens (tertiary/aromatic N) is 2. The van der Waals surface area contributed by atoms with Crippen LogP contribution in [0.5, 0.6) is 0 Å². The monoisotopic (exact) mass is 242 g/mol. The fraction of sp³-hybridized carbons (Fsp3) is 0. The van der Waals surface area contributed by atoms with Gasteiger partial charge in [0.25, 0.3) is 5.69 Å². The van der Waals surface area contributed by atoms with Crippen LogP contribution in [0.25, 0.3) is 5.03 Å². The quantitative estimate of drug-likeness (QED) is 0.454. The van der Waals surface area contributed by atoms with Gasteiger partial charge in [-0.3, -0.25) is 10.1 Å². The average Bonchev–Trinajstić information content (AvgIpc) is 2.17. The van der Waals surface area contributed by atoms with Gasteiger partial charge in [-0.25, -0.2) is 0 Å². The maximum Gasteiger partial charge on any atom is 0.271 e. The van der Waals surface area contributed by atoms with Crippen molar-refractivity contribution in [2.45, 2.75) is 0 Å². The van der Waals surface area contributed by atoms with Crippen LogP contribution in [0.15, 0.2) is 24.3 Å². The summed E-state index contributed by atoms with van der Waals surface area (Å²) in [5, 5.41) is 19.2. The highest BCUT2D eigenvalue weighted by atomic mass is 35.5. The molecule has 0 spiro atoms. The average molecular weight is 243 g/mol. The van der Waals surface area contributed by atoms with Crippen LogP contribution in [0.1, 0.15) is 5.56 Å².